The van der Waals surface area contributed by atoms with Crippen LogP contribution < -0.4 is 0 Å². The van der Waals surface area contributed by atoms with Crippen molar-refractivity contribution in [3.63, 3.8) is 0 Å². The Morgan fingerprint density at radius 1 is 0.375 bits per heavy atom. The minimum absolute atomic E-state index is 0.0650. The van der Waals surface area contributed by atoms with Crippen LogP contribution in [0.15, 0.2) is 0 Å². The Morgan fingerprint density at radius 3 is 1.02 bits per heavy atom. The monoisotopic (exact) mass is 793 g/mol. The number of ether oxygens (including phenoxy) is 3. The van der Waals surface area contributed by atoms with Crippen LogP contribution in [-0.4, -0.2) is 37.2 Å². The van der Waals surface area contributed by atoms with Crippen molar-refractivity contribution in [1.29, 1.82) is 0 Å². The van der Waals surface area contributed by atoms with Crippen LogP contribution in [0.5, 0.6) is 0 Å². The fraction of sp³-hybridized carbons (Fsp3) is 0.940. The highest BCUT2D eigenvalue weighted by molar-refractivity contribution is 5.71. The van der Waals surface area contributed by atoms with Gasteiger partial charge in [0.15, 0.2) is 6.10 Å². The first kappa shape index (κ1) is 54.4. The Kier molecular flexibility index (Phi) is 41.8. The van der Waals surface area contributed by atoms with Crippen LogP contribution in [-0.2, 0) is 28.6 Å². The topological polar surface area (TPSA) is 78.9 Å². The normalized spacial score (nSPS) is 12.5. The van der Waals surface area contributed by atoms with E-state index >= 15 is 0 Å². The number of unbranched alkanes of at least 4 members (excludes halogenated alkanes) is 28. The van der Waals surface area contributed by atoms with Gasteiger partial charge in [0.05, 0.1) is 0 Å². The Labute approximate surface area is 348 Å². The maximum atomic E-state index is 12.8. The van der Waals surface area contributed by atoms with E-state index in [0.29, 0.717) is 19.3 Å². The van der Waals surface area contributed by atoms with E-state index in [1.807, 2.05) is 0 Å². The molecule has 0 aromatic rings. The summed E-state index contributed by atoms with van der Waals surface area (Å²) in [4.78, 5) is 37.8. The maximum absolute atomic E-state index is 12.8. The minimum Gasteiger partial charge on any atom is -0.462 e. The van der Waals surface area contributed by atoms with Crippen molar-refractivity contribution in [2.24, 2.45) is 11.8 Å². The average molecular weight is 793 g/mol. The summed E-state index contributed by atoms with van der Waals surface area (Å²) in [5.74, 6) is 0.790. The summed E-state index contributed by atoms with van der Waals surface area (Å²) in [5, 5.41) is 0. The molecule has 0 saturated carbocycles. The van der Waals surface area contributed by atoms with Crippen molar-refractivity contribution in [1.82, 2.24) is 0 Å². The third kappa shape index (κ3) is 42.0. The summed E-state index contributed by atoms with van der Waals surface area (Å²) in [7, 11) is 0. The first-order chi connectivity index (χ1) is 27.3. The highest BCUT2D eigenvalue weighted by atomic mass is 16.6. The second-order valence-electron chi connectivity index (χ2n) is 17.8. The molecule has 0 heterocycles. The first-order valence-corrected chi connectivity index (χ1v) is 24.8. The Bertz CT molecular complexity index is 856. The standard InChI is InChI=1S/C50H96O6/c1-6-8-9-10-11-12-13-14-15-16-17-18-27-32-37-42-50(53)56-47(43-54-48(51)40-35-30-25-21-19-23-28-33-38-45(3)4)44-55-49(52)41-36-31-26-22-20-24-29-34-39-46(5)7-2/h45-47H,6-44H2,1-5H3/t46?,47-/m1/s1. The molecular formula is C50H96O6. The highest BCUT2D eigenvalue weighted by Crippen LogP contribution is 2.17. The molecule has 0 bridgehead atoms. The number of esters is 3. The van der Waals surface area contributed by atoms with Crippen LogP contribution in [0.2, 0.25) is 0 Å². The van der Waals surface area contributed by atoms with Crippen LogP contribution in [0.25, 0.3) is 0 Å². The Balaban J connectivity index is 4.33. The summed E-state index contributed by atoms with van der Waals surface area (Å²) < 4.78 is 16.8. The molecule has 0 saturated heterocycles. The average Bonchev–Trinajstić information content (AvgIpc) is 3.18. The van der Waals surface area contributed by atoms with Gasteiger partial charge in [0, 0.05) is 19.3 Å². The van der Waals surface area contributed by atoms with Gasteiger partial charge in [-0.25, -0.2) is 0 Å². The summed E-state index contributed by atoms with van der Waals surface area (Å²) in [6.45, 7) is 11.3. The molecule has 0 fully saturated rings. The lowest BCUT2D eigenvalue weighted by molar-refractivity contribution is -0.167. The quantitative estimate of drug-likeness (QED) is 0.0347. The fourth-order valence-electron chi connectivity index (χ4n) is 7.43. The van der Waals surface area contributed by atoms with Crippen molar-refractivity contribution in [3.05, 3.63) is 0 Å². The predicted octanol–water partition coefficient (Wildman–Crippen LogP) is 15.8. The van der Waals surface area contributed by atoms with Gasteiger partial charge >= 0.3 is 17.9 Å². The van der Waals surface area contributed by atoms with E-state index in [4.69, 9.17) is 14.2 Å². The van der Waals surface area contributed by atoms with E-state index in [0.717, 1.165) is 69.6 Å². The van der Waals surface area contributed by atoms with Gasteiger partial charge in [-0.05, 0) is 31.1 Å². The Hall–Kier alpha value is -1.59. The largest absolute Gasteiger partial charge is 0.462 e. The third-order valence-corrected chi connectivity index (χ3v) is 11.6. The second kappa shape index (κ2) is 43.0. The van der Waals surface area contributed by atoms with Crippen LogP contribution >= 0.6 is 0 Å². The van der Waals surface area contributed by atoms with Gasteiger partial charge in [-0.3, -0.25) is 14.4 Å². The molecule has 2 atom stereocenters. The van der Waals surface area contributed by atoms with Gasteiger partial charge in [-0.1, -0.05) is 234 Å². The molecule has 56 heavy (non-hydrogen) atoms. The molecule has 1 unspecified atom stereocenters. The van der Waals surface area contributed by atoms with E-state index in [9.17, 15) is 14.4 Å². The summed E-state index contributed by atoms with van der Waals surface area (Å²) in [6.07, 6.45) is 42.3. The number of hydrogen-bond donors (Lipinski definition) is 0. The third-order valence-electron chi connectivity index (χ3n) is 11.6. The van der Waals surface area contributed by atoms with Crippen LogP contribution in [0.4, 0.5) is 0 Å². The molecule has 0 aromatic heterocycles. The van der Waals surface area contributed by atoms with Gasteiger partial charge in [-0.2, -0.15) is 0 Å². The molecule has 0 aliphatic heterocycles. The molecule has 0 amide bonds. The SMILES string of the molecule is CCCCCCCCCCCCCCCCCC(=O)O[C@H](COC(=O)CCCCCCCCCCC(C)C)COC(=O)CCCCCCCCCCC(C)CC. The fourth-order valence-corrected chi connectivity index (χ4v) is 7.43. The zero-order chi connectivity index (χ0) is 41.2. The molecule has 332 valence electrons. The summed E-state index contributed by atoms with van der Waals surface area (Å²) in [5.41, 5.74) is 0. The van der Waals surface area contributed by atoms with Crippen molar-refractivity contribution in [3.8, 4) is 0 Å². The van der Waals surface area contributed by atoms with Gasteiger partial charge in [0.25, 0.3) is 0 Å². The van der Waals surface area contributed by atoms with E-state index in [1.165, 1.54) is 161 Å². The molecule has 0 aliphatic carbocycles. The molecule has 6 heteroatoms. The highest BCUT2D eigenvalue weighted by Gasteiger charge is 2.19. The van der Waals surface area contributed by atoms with Gasteiger partial charge in [0.1, 0.15) is 13.2 Å². The molecule has 0 N–H and O–H groups in total. The van der Waals surface area contributed by atoms with E-state index in [1.54, 1.807) is 0 Å². The Morgan fingerprint density at radius 2 is 0.679 bits per heavy atom. The molecule has 0 radical (unpaired) electrons. The number of carbonyl (C=O) groups is 3. The molecule has 0 spiro atoms. The van der Waals surface area contributed by atoms with Gasteiger partial charge in [0.2, 0.25) is 0 Å². The van der Waals surface area contributed by atoms with Crippen molar-refractivity contribution in [2.75, 3.05) is 13.2 Å². The van der Waals surface area contributed by atoms with Crippen LogP contribution in [0.3, 0.4) is 0 Å². The lowest BCUT2D eigenvalue weighted by Gasteiger charge is -2.18. The van der Waals surface area contributed by atoms with Crippen LogP contribution in [0.1, 0.15) is 272 Å². The zero-order valence-electron chi connectivity index (χ0n) is 38.3. The lowest BCUT2D eigenvalue weighted by atomic mass is 9.99. The van der Waals surface area contributed by atoms with E-state index in [2.05, 4.69) is 34.6 Å². The molecule has 6 nitrogen and oxygen atoms in total. The molecule has 0 aromatic carbocycles. The smallest absolute Gasteiger partial charge is 0.306 e. The first-order valence-electron chi connectivity index (χ1n) is 24.8. The predicted molar refractivity (Wildman–Crippen MR) is 238 cm³/mol. The zero-order valence-corrected chi connectivity index (χ0v) is 38.3. The van der Waals surface area contributed by atoms with Crippen molar-refractivity contribution >= 4 is 17.9 Å². The lowest BCUT2D eigenvalue weighted by Crippen LogP contribution is -2.30. The summed E-state index contributed by atoms with van der Waals surface area (Å²) in [6, 6.07) is 0. The van der Waals surface area contributed by atoms with Gasteiger partial charge in [-0.15, -0.1) is 0 Å². The van der Waals surface area contributed by atoms with Gasteiger partial charge < -0.3 is 14.2 Å². The number of rotatable bonds is 44. The maximum Gasteiger partial charge on any atom is 0.306 e. The van der Waals surface area contributed by atoms with Crippen molar-refractivity contribution < 1.29 is 28.6 Å². The minimum atomic E-state index is -0.761. The van der Waals surface area contributed by atoms with Crippen molar-refractivity contribution in [2.45, 2.75) is 278 Å². The molecule has 0 rings (SSSR count). The number of carbonyl (C=O) groups excluding carboxylic acids is 3. The van der Waals surface area contributed by atoms with E-state index in [-0.39, 0.29) is 31.1 Å². The van der Waals surface area contributed by atoms with Crippen LogP contribution in [0, 0.1) is 11.8 Å². The number of hydrogen-bond acceptors (Lipinski definition) is 6. The molecular weight excluding hydrogens is 697 g/mol. The molecule has 0 aliphatic rings. The summed E-state index contributed by atoms with van der Waals surface area (Å²) >= 11 is 0. The van der Waals surface area contributed by atoms with E-state index < -0.39 is 6.10 Å². The second-order valence-corrected chi connectivity index (χ2v) is 17.8.